The summed E-state index contributed by atoms with van der Waals surface area (Å²) in [5.74, 6) is -10.8. The fourth-order valence-corrected chi connectivity index (χ4v) is 2.16. The summed E-state index contributed by atoms with van der Waals surface area (Å²) in [6, 6.07) is 0. The first-order valence-corrected chi connectivity index (χ1v) is 8.64. The number of nitrogens with zero attached hydrogens (tertiary/aromatic N) is 2. The first-order chi connectivity index (χ1) is 15.0. The Bertz CT molecular complexity index is 681. The van der Waals surface area contributed by atoms with E-state index in [0.717, 1.165) is 9.80 Å². The Morgan fingerprint density at radius 3 is 1.03 bits per heavy atom. The summed E-state index contributed by atoms with van der Waals surface area (Å²) in [5, 5.41) is 73.6. The van der Waals surface area contributed by atoms with E-state index in [1.165, 1.54) is 0 Å². The van der Waals surface area contributed by atoms with E-state index >= 15 is 0 Å². The van der Waals surface area contributed by atoms with Crippen molar-refractivity contribution in [2.75, 3.05) is 39.3 Å². The zero-order valence-corrected chi connectivity index (χ0v) is 25.9. The van der Waals surface area contributed by atoms with Crippen LogP contribution in [0.15, 0.2) is 0 Å². The van der Waals surface area contributed by atoms with E-state index in [1.54, 1.807) is 0 Å². The molecule has 17 nitrogen and oxygen atoms in total. The normalized spacial score (nSPS) is 9.86. The van der Waals surface area contributed by atoms with E-state index in [4.69, 9.17) is 25.5 Å². The fraction of sp³-hybridized carbons (Fsp3) is 0.562. The van der Waals surface area contributed by atoms with Crippen LogP contribution in [-0.4, -0.2) is 122 Å². The van der Waals surface area contributed by atoms with Crippen molar-refractivity contribution in [2.45, 2.75) is 18.4 Å². The van der Waals surface area contributed by atoms with Crippen LogP contribution in [0.5, 0.6) is 0 Å². The monoisotopic (exact) mass is 550 g/mol. The number of carbonyl (C=O) groups excluding carboxylic acids is 3. The molecule has 0 heterocycles. The number of hydrogen-bond acceptors (Lipinski definition) is 13. The first-order valence-electron chi connectivity index (χ1n) is 8.64. The Balaban J connectivity index is -0.000000177. The molecule has 0 rings (SSSR count). The number of aliphatic carboxylic acids is 7. The summed E-state index contributed by atoms with van der Waals surface area (Å²) < 4.78 is 0. The predicted octanol–water partition coefficient (Wildman–Crippen LogP) is -16.3. The number of carboxylic acids is 7. The van der Waals surface area contributed by atoms with Crippen LogP contribution in [0.2, 0.25) is 0 Å². The molecule has 0 bridgehead atoms. The molecule has 0 aliphatic rings. The number of carbonyl (C=O) groups is 7. The second kappa shape index (κ2) is 23.3. The standard InChI is InChI=1S/C10H16N2O8.C6H8O7.3Na/c13-7(14)3-11(4-8(15)16)1-2-12(5-9(17)18)6-10(19)20;7-3(8)1-6(13,5(11)12)2-4(9)10;;;/h1-6H2,(H,13,14)(H,15,16)(H,17,18)(H,19,20);13H,1-2H2,(H,7,8)(H,9,10)(H,11,12);;;/q;;3*+1/p-3. The quantitative estimate of drug-likeness (QED) is 0.111. The second-order valence-corrected chi connectivity index (χ2v) is 6.41. The molecular formula is C16H21N2Na3O15. The Morgan fingerprint density at radius 2 is 0.833 bits per heavy atom. The number of aliphatic hydroxyl groups is 1. The maximum Gasteiger partial charge on any atom is 1.00 e. The molecule has 0 spiro atoms. The van der Waals surface area contributed by atoms with Gasteiger partial charge in [0.05, 0.1) is 37.3 Å². The third kappa shape index (κ3) is 26.2. The van der Waals surface area contributed by atoms with Gasteiger partial charge < -0.3 is 55.2 Å². The second-order valence-electron chi connectivity index (χ2n) is 6.41. The van der Waals surface area contributed by atoms with Crippen molar-refractivity contribution in [3.05, 3.63) is 0 Å². The minimum Gasteiger partial charge on any atom is -0.549 e. The number of hydrogen-bond donors (Lipinski definition) is 5. The van der Waals surface area contributed by atoms with E-state index in [1.807, 2.05) is 0 Å². The molecule has 0 saturated carbocycles. The summed E-state index contributed by atoms with van der Waals surface area (Å²) in [7, 11) is 0. The number of rotatable bonds is 16. The molecule has 0 radical (unpaired) electrons. The summed E-state index contributed by atoms with van der Waals surface area (Å²) in [6.45, 7) is -3.00. The first kappa shape index (κ1) is 45.1. The molecular weight excluding hydrogens is 529 g/mol. The molecule has 36 heavy (non-hydrogen) atoms. The minimum absolute atomic E-state index is 0. The molecule has 0 aromatic rings. The van der Waals surface area contributed by atoms with Gasteiger partial charge in [-0.05, 0) is 0 Å². The van der Waals surface area contributed by atoms with Crippen molar-refractivity contribution in [3.63, 3.8) is 0 Å². The third-order valence-electron chi connectivity index (χ3n) is 3.43. The van der Waals surface area contributed by atoms with Crippen LogP contribution in [0.25, 0.3) is 0 Å². The Hall–Kier alpha value is -0.830. The van der Waals surface area contributed by atoms with Gasteiger partial charge in [0.2, 0.25) is 0 Å². The fourth-order valence-electron chi connectivity index (χ4n) is 2.16. The van der Waals surface area contributed by atoms with Crippen LogP contribution >= 0.6 is 0 Å². The van der Waals surface area contributed by atoms with Crippen molar-refractivity contribution < 1.29 is 163 Å². The minimum atomic E-state index is -2.74. The topological polar surface area (TPSA) is 296 Å². The van der Waals surface area contributed by atoms with Gasteiger partial charge in [-0.25, -0.2) is 4.79 Å². The van der Waals surface area contributed by atoms with E-state index in [2.05, 4.69) is 0 Å². The van der Waals surface area contributed by atoms with Crippen LogP contribution in [-0.2, 0) is 33.6 Å². The van der Waals surface area contributed by atoms with Gasteiger partial charge in [0.25, 0.3) is 0 Å². The van der Waals surface area contributed by atoms with Gasteiger partial charge in [-0.3, -0.25) is 24.2 Å². The Kier molecular flexibility index (Phi) is 29.2. The molecule has 188 valence electrons. The SMILES string of the molecule is O=C(O)CC(O)(CC(=O)O)C(=O)O.O=C([O-])CN(CCN(CC(=O)[O-])CC(=O)O)CC(=O)[O-].[Na+].[Na+].[Na+]. The molecule has 0 unspecified atom stereocenters. The molecule has 20 heteroatoms. The van der Waals surface area contributed by atoms with E-state index in [0.29, 0.717) is 0 Å². The van der Waals surface area contributed by atoms with Crippen LogP contribution in [0.4, 0.5) is 0 Å². The van der Waals surface area contributed by atoms with Gasteiger partial charge in [0.15, 0.2) is 5.60 Å². The maximum atomic E-state index is 10.5. The molecule has 5 N–H and O–H groups in total. The maximum absolute atomic E-state index is 10.5. The zero-order valence-electron chi connectivity index (χ0n) is 19.9. The molecule has 0 atom stereocenters. The van der Waals surface area contributed by atoms with Gasteiger partial charge in [0, 0.05) is 32.7 Å². The van der Waals surface area contributed by atoms with Gasteiger partial charge in [-0.15, -0.1) is 0 Å². The van der Waals surface area contributed by atoms with Crippen molar-refractivity contribution in [2.24, 2.45) is 0 Å². The summed E-state index contributed by atoms with van der Waals surface area (Å²) >= 11 is 0. The average molecular weight is 550 g/mol. The van der Waals surface area contributed by atoms with Crippen molar-refractivity contribution in [1.82, 2.24) is 9.80 Å². The largest absolute Gasteiger partial charge is 1.00 e. The average Bonchev–Trinajstić information content (AvgIpc) is 2.56. The van der Waals surface area contributed by atoms with Crippen LogP contribution < -0.4 is 104 Å². The van der Waals surface area contributed by atoms with E-state index < -0.39 is 86.4 Å². The van der Waals surface area contributed by atoms with E-state index in [9.17, 15) is 48.9 Å². The van der Waals surface area contributed by atoms with Crippen LogP contribution in [0.3, 0.4) is 0 Å². The van der Waals surface area contributed by atoms with Crippen LogP contribution in [0, 0.1) is 0 Å². The molecule has 0 saturated heterocycles. The summed E-state index contributed by atoms with van der Waals surface area (Å²) in [5.41, 5.74) is -2.74. The zero-order chi connectivity index (χ0) is 26.4. The van der Waals surface area contributed by atoms with Gasteiger partial charge >= 0.3 is 113 Å². The molecule has 0 fully saturated rings. The number of carboxylic acid groups (broad SMARTS) is 7. The molecule has 0 aliphatic carbocycles. The smallest absolute Gasteiger partial charge is 0.549 e. The predicted molar refractivity (Wildman–Crippen MR) is 92.6 cm³/mol. The van der Waals surface area contributed by atoms with Crippen molar-refractivity contribution in [3.8, 4) is 0 Å². The molecule has 0 amide bonds. The molecule has 0 aliphatic heterocycles. The third-order valence-corrected chi connectivity index (χ3v) is 3.43. The van der Waals surface area contributed by atoms with Gasteiger partial charge in [-0.1, -0.05) is 0 Å². The Labute approximate surface area is 269 Å². The molecule has 0 aromatic heterocycles. The summed E-state index contributed by atoms with van der Waals surface area (Å²) in [4.78, 5) is 74.1. The van der Waals surface area contributed by atoms with Gasteiger partial charge in [0.1, 0.15) is 0 Å². The Morgan fingerprint density at radius 1 is 0.556 bits per heavy atom. The molecule has 0 aromatic carbocycles. The summed E-state index contributed by atoms with van der Waals surface area (Å²) in [6.07, 6.45) is -2.29. The van der Waals surface area contributed by atoms with E-state index in [-0.39, 0.29) is 102 Å². The van der Waals surface area contributed by atoms with Crippen molar-refractivity contribution >= 4 is 41.8 Å². The van der Waals surface area contributed by atoms with Crippen molar-refractivity contribution in [1.29, 1.82) is 0 Å². The van der Waals surface area contributed by atoms with Gasteiger partial charge in [-0.2, -0.15) is 0 Å². The van der Waals surface area contributed by atoms with Crippen LogP contribution in [0.1, 0.15) is 12.8 Å².